The van der Waals surface area contributed by atoms with E-state index in [4.69, 9.17) is 4.98 Å². The number of hydrogen-bond acceptors (Lipinski definition) is 3. The van der Waals surface area contributed by atoms with Crippen molar-refractivity contribution in [2.45, 2.75) is 32.6 Å². The van der Waals surface area contributed by atoms with Gasteiger partial charge in [0.1, 0.15) is 5.69 Å². The third-order valence-electron chi connectivity index (χ3n) is 5.49. The molecule has 6 nitrogen and oxygen atoms in total. The molecule has 1 aliphatic rings. The SMILES string of the molecule is CCCN1C(=O)C(C)(C)c2cc3nc(-c4n[nH]c5ccccc45)[nH]c3cc21. The molecule has 4 aromatic rings. The Kier molecular flexibility index (Phi) is 3.22. The fraction of sp³-hybridized carbons (Fsp3) is 0.286. The molecule has 0 radical (unpaired) electrons. The molecule has 0 saturated heterocycles. The lowest BCUT2D eigenvalue weighted by Crippen LogP contribution is -2.36. The van der Waals surface area contributed by atoms with Gasteiger partial charge in [-0.1, -0.05) is 25.1 Å². The van der Waals surface area contributed by atoms with Gasteiger partial charge in [-0.25, -0.2) is 4.98 Å². The number of benzene rings is 2. The molecule has 27 heavy (non-hydrogen) atoms. The summed E-state index contributed by atoms with van der Waals surface area (Å²) >= 11 is 0. The van der Waals surface area contributed by atoms with Gasteiger partial charge in [0.25, 0.3) is 0 Å². The first-order valence-corrected chi connectivity index (χ1v) is 9.30. The largest absolute Gasteiger partial charge is 0.337 e. The predicted molar refractivity (Wildman–Crippen MR) is 107 cm³/mol. The van der Waals surface area contributed by atoms with Crippen LogP contribution in [0.25, 0.3) is 33.5 Å². The first-order valence-electron chi connectivity index (χ1n) is 9.30. The number of nitrogens with one attached hydrogen (secondary N) is 2. The lowest BCUT2D eigenvalue weighted by molar-refractivity contribution is -0.122. The van der Waals surface area contributed by atoms with E-state index in [9.17, 15) is 4.79 Å². The molecule has 0 spiro atoms. The molecule has 1 amide bonds. The normalized spacial score (nSPS) is 15.8. The van der Waals surface area contributed by atoms with Crippen molar-refractivity contribution >= 4 is 33.5 Å². The predicted octanol–water partition coefficient (Wildman–Crippen LogP) is 4.14. The number of H-pyrrole nitrogens is 2. The smallest absolute Gasteiger partial charge is 0.237 e. The van der Waals surface area contributed by atoms with E-state index in [1.54, 1.807) is 0 Å². The number of rotatable bonds is 3. The van der Waals surface area contributed by atoms with E-state index >= 15 is 0 Å². The maximum Gasteiger partial charge on any atom is 0.237 e. The number of anilines is 1. The minimum Gasteiger partial charge on any atom is -0.337 e. The van der Waals surface area contributed by atoms with Crippen molar-refractivity contribution in [3.05, 3.63) is 42.0 Å². The van der Waals surface area contributed by atoms with Gasteiger partial charge in [0, 0.05) is 11.9 Å². The number of fused-ring (bicyclic) bond motifs is 3. The standard InChI is InChI=1S/C21H21N5O/c1-4-9-26-17-11-16-15(10-13(17)21(2,3)20(26)27)22-19(23-16)18-12-7-5-6-8-14(12)24-25-18/h5-8,10-11H,4,9H2,1-3H3,(H,22,23)(H,24,25). The number of carbonyl (C=O) groups excluding carboxylic acids is 1. The van der Waals surface area contributed by atoms with Gasteiger partial charge in [-0.05, 0) is 44.0 Å². The highest BCUT2D eigenvalue weighted by Gasteiger charge is 2.43. The van der Waals surface area contributed by atoms with Crippen LogP contribution in [0.1, 0.15) is 32.8 Å². The Morgan fingerprint density at radius 2 is 1.96 bits per heavy atom. The Labute approximate surface area is 156 Å². The Morgan fingerprint density at radius 1 is 1.15 bits per heavy atom. The van der Waals surface area contributed by atoms with Gasteiger partial charge in [-0.3, -0.25) is 9.89 Å². The third-order valence-corrected chi connectivity index (χ3v) is 5.49. The van der Waals surface area contributed by atoms with Crippen molar-refractivity contribution in [1.29, 1.82) is 0 Å². The summed E-state index contributed by atoms with van der Waals surface area (Å²) in [4.78, 5) is 22.9. The molecule has 0 fully saturated rings. The first-order chi connectivity index (χ1) is 13.0. The topological polar surface area (TPSA) is 77.7 Å². The molecule has 0 aliphatic carbocycles. The van der Waals surface area contributed by atoms with Crippen molar-refractivity contribution in [3.63, 3.8) is 0 Å². The summed E-state index contributed by atoms with van der Waals surface area (Å²) in [5.74, 6) is 0.891. The van der Waals surface area contributed by atoms with Crippen LogP contribution in [-0.4, -0.2) is 32.6 Å². The van der Waals surface area contributed by atoms with Crippen LogP contribution in [0, 0.1) is 0 Å². The quantitative estimate of drug-likeness (QED) is 0.577. The minimum atomic E-state index is -0.531. The van der Waals surface area contributed by atoms with Crippen molar-refractivity contribution in [2.75, 3.05) is 11.4 Å². The molecule has 6 heteroatoms. The summed E-state index contributed by atoms with van der Waals surface area (Å²) in [6.45, 7) is 6.80. The summed E-state index contributed by atoms with van der Waals surface area (Å²) in [5, 5.41) is 8.53. The summed E-state index contributed by atoms with van der Waals surface area (Å²) < 4.78 is 0. The lowest BCUT2D eigenvalue weighted by atomic mass is 9.86. The molecule has 2 N–H and O–H groups in total. The van der Waals surface area contributed by atoms with Gasteiger partial charge in [-0.2, -0.15) is 5.10 Å². The summed E-state index contributed by atoms with van der Waals surface area (Å²) in [6.07, 6.45) is 0.923. The summed E-state index contributed by atoms with van der Waals surface area (Å²) in [5.41, 5.74) is 5.06. The highest BCUT2D eigenvalue weighted by molar-refractivity contribution is 6.09. The average molecular weight is 359 g/mol. The fourth-order valence-corrected chi connectivity index (χ4v) is 4.03. The number of hydrogen-bond donors (Lipinski definition) is 2. The number of para-hydroxylation sites is 1. The van der Waals surface area contributed by atoms with Gasteiger partial charge < -0.3 is 9.88 Å². The van der Waals surface area contributed by atoms with Gasteiger partial charge >= 0.3 is 0 Å². The van der Waals surface area contributed by atoms with Crippen LogP contribution < -0.4 is 4.90 Å². The fourth-order valence-electron chi connectivity index (χ4n) is 4.03. The van der Waals surface area contributed by atoms with Crippen LogP contribution in [0.4, 0.5) is 5.69 Å². The number of amides is 1. The van der Waals surface area contributed by atoms with Gasteiger partial charge in [0.2, 0.25) is 5.91 Å². The molecule has 136 valence electrons. The molecule has 0 atom stereocenters. The molecule has 0 saturated carbocycles. The van der Waals surface area contributed by atoms with Crippen LogP contribution in [0.5, 0.6) is 0 Å². The first kappa shape index (κ1) is 16.1. The second kappa shape index (κ2) is 5.42. The number of carbonyl (C=O) groups is 1. The summed E-state index contributed by atoms with van der Waals surface area (Å²) in [7, 11) is 0. The van der Waals surface area contributed by atoms with E-state index in [0.29, 0.717) is 0 Å². The average Bonchev–Trinajstić information content (AvgIpc) is 3.31. The molecular weight excluding hydrogens is 338 g/mol. The van der Waals surface area contributed by atoms with Gasteiger partial charge in [-0.15, -0.1) is 0 Å². The van der Waals surface area contributed by atoms with Crippen molar-refractivity contribution in [3.8, 4) is 11.5 Å². The van der Waals surface area contributed by atoms with E-state index in [0.717, 1.165) is 57.7 Å². The zero-order chi connectivity index (χ0) is 18.8. The second-order valence-electron chi connectivity index (χ2n) is 7.67. The van der Waals surface area contributed by atoms with E-state index in [1.807, 2.05) is 49.1 Å². The highest BCUT2D eigenvalue weighted by Crippen LogP contribution is 2.43. The maximum atomic E-state index is 12.9. The van der Waals surface area contributed by atoms with Crippen LogP contribution >= 0.6 is 0 Å². The van der Waals surface area contributed by atoms with E-state index in [-0.39, 0.29) is 5.91 Å². The molecular formula is C21H21N5O. The van der Waals surface area contributed by atoms with Gasteiger partial charge in [0.15, 0.2) is 5.82 Å². The molecule has 2 aromatic carbocycles. The Bertz CT molecular complexity index is 1200. The van der Waals surface area contributed by atoms with E-state index in [2.05, 4.69) is 28.2 Å². The Balaban J connectivity index is 1.69. The maximum absolute atomic E-state index is 12.9. The second-order valence-corrected chi connectivity index (χ2v) is 7.67. The van der Waals surface area contributed by atoms with Crippen molar-refractivity contribution < 1.29 is 4.79 Å². The number of imidazole rings is 1. The minimum absolute atomic E-state index is 0.158. The monoisotopic (exact) mass is 359 g/mol. The van der Waals surface area contributed by atoms with Crippen LogP contribution in [0.15, 0.2) is 36.4 Å². The van der Waals surface area contributed by atoms with Gasteiger partial charge in [0.05, 0.1) is 27.7 Å². The molecule has 0 unspecified atom stereocenters. The summed E-state index contributed by atoms with van der Waals surface area (Å²) in [6, 6.07) is 12.1. The zero-order valence-corrected chi connectivity index (χ0v) is 15.6. The van der Waals surface area contributed by atoms with Crippen molar-refractivity contribution in [2.24, 2.45) is 0 Å². The van der Waals surface area contributed by atoms with Crippen LogP contribution in [0.3, 0.4) is 0 Å². The Morgan fingerprint density at radius 3 is 2.78 bits per heavy atom. The zero-order valence-electron chi connectivity index (χ0n) is 15.6. The van der Waals surface area contributed by atoms with Crippen LogP contribution in [-0.2, 0) is 10.2 Å². The third kappa shape index (κ3) is 2.16. The lowest BCUT2D eigenvalue weighted by Gasteiger charge is -2.19. The molecule has 2 aromatic heterocycles. The number of nitrogens with zero attached hydrogens (tertiary/aromatic N) is 3. The van der Waals surface area contributed by atoms with Crippen LogP contribution in [0.2, 0.25) is 0 Å². The molecule has 0 bridgehead atoms. The molecule has 5 rings (SSSR count). The highest BCUT2D eigenvalue weighted by atomic mass is 16.2. The number of aromatic nitrogens is 4. The van der Waals surface area contributed by atoms with E-state index < -0.39 is 5.41 Å². The molecule has 3 heterocycles. The van der Waals surface area contributed by atoms with E-state index in [1.165, 1.54) is 0 Å². The number of aromatic amines is 2. The van der Waals surface area contributed by atoms with Crippen molar-refractivity contribution in [1.82, 2.24) is 20.2 Å². The molecule has 1 aliphatic heterocycles. The Hall–Kier alpha value is -3.15.